The highest BCUT2D eigenvalue weighted by atomic mass is 16.5. The van der Waals surface area contributed by atoms with E-state index in [0.29, 0.717) is 0 Å². The smallest absolute Gasteiger partial charge is 0.141 e. The Morgan fingerprint density at radius 1 is 1.16 bits per heavy atom. The first-order valence-corrected chi connectivity index (χ1v) is 6.44. The summed E-state index contributed by atoms with van der Waals surface area (Å²) < 4.78 is 11.5. The minimum absolute atomic E-state index is 0.143. The molecule has 1 unspecified atom stereocenters. The molecule has 0 radical (unpaired) electrons. The highest BCUT2D eigenvalue weighted by Gasteiger charge is 2.39. The Bertz CT molecular complexity index is 499. The van der Waals surface area contributed by atoms with Gasteiger partial charge in [-0.3, -0.25) is 0 Å². The summed E-state index contributed by atoms with van der Waals surface area (Å²) in [6.07, 6.45) is 10.2. The van der Waals surface area contributed by atoms with Gasteiger partial charge in [0, 0.05) is 14.2 Å². The van der Waals surface area contributed by atoms with Crippen molar-refractivity contribution < 1.29 is 9.47 Å². The van der Waals surface area contributed by atoms with Crippen LogP contribution in [0.5, 0.6) is 0 Å². The fourth-order valence-electron chi connectivity index (χ4n) is 2.48. The fraction of sp³-hybridized carbons (Fsp3) is 0.294. The van der Waals surface area contributed by atoms with Crippen molar-refractivity contribution in [3.63, 3.8) is 0 Å². The summed E-state index contributed by atoms with van der Waals surface area (Å²) >= 11 is 0. The molecule has 0 bridgehead atoms. The van der Waals surface area contributed by atoms with Crippen LogP contribution in [0.3, 0.4) is 0 Å². The van der Waals surface area contributed by atoms with E-state index in [9.17, 15) is 0 Å². The predicted molar refractivity (Wildman–Crippen MR) is 78.0 cm³/mol. The molecule has 1 aliphatic rings. The van der Waals surface area contributed by atoms with E-state index in [1.165, 1.54) is 0 Å². The standard InChI is InChI=1S/C17H20O2/c1-4-8-14-11-12-17(19-3,16(13-14)18-2)15-9-6-5-7-10-15/h4-13,16H,1-3H3/b8-4-/t16?,17-/m0/s1. The Balaban J connectivity index is 2.45. The number of benzene rings is 1. The van der Waals surface area contributed by atoms with Gasteiger partial charge in [0.2, 0.25) is 0 Å². The van der Waals surface area contributed by atoms with E-state index in [0.717, 1.165) is 11.1 Å². The number of rotatable bonds is 4. The van der Waals surface area contributed by atoms with E-state index in [4.69, 9.17) is 9.47 Å². The molecule has 0 heterocycles. The third-order valence-corrected chi connectivity index (χ3v) is 3.47. The van der Waals surface area contributed by atoms with Crippen molar-refractivity contribution in [3.05, 3.63) is 71.8 Å². The summed E-state index contributed by atoms with van der Waals surface area (Å²) in [5.74, 6) is 0. The van der Waals surface area contributed by atoms with Crippen LogP contribution in [-0.2, 0) is 15.1 Å². The zero-order valence-corrected chi connectivity index (χ0v) is 11.7. The van der Waals surface area contributed by atoms with Gasteiger partial charge in [-0.2, -0.15) is 0 Å². The lowest BCUT2D eigenvalue weighted by molar-refractivity contribution is -0.0713. The maximum absolute atomic E-state index is 5.81. The summed E-state index contributed by atoms with van der Waals surface area (Å²) in [6.45, 7) is 2.01. The zero-order chi connectivity index (χ0) is 13.7. The second kappa shape index (κ2) is 6.00. The predicted octanol–water partition coefficient (Wildman–Crippen LogP) is 3.62. The summed E-state index contributed by atoms with van der Waals surface area (Å²) in [5.41, 5.74) is 1.68. The van der Waals surface area contributed by atoms with Crippen molar-refractivity contribution in [2.75, 3.05) is 14.2 Å². The van der Waals surface area contributed by atoms with Gasteiger partial charge < -0.3 is 9.47 Å². The molecule has 2 nitrogen and oxygen atoms in total. The molecule has 100 valence electrons. The number of hydrogen-bond donors (Lipinski definition) is 0. The van der Waals surface area contributed by atoms with E-state index < -0.39 is 5.60 Å². The first-order chi connectivity index (χ1) is 9.26. The molecule has 1 aliphatic carbocycles. The third kappa shape index (κ3) is 2.55. The molecule has 2 atom stereocenters. The van der Waals surface area contributed by atoms with Crippen LogP contribution in [0, 0.1) is 0 Å². The molecule has 2 rings (SSSR count). The van der Waals surface area contributed by atoms with Crippen LogP contribution >= 0.6 is 0 Å². The Labute approximate surface area is 115 Å². The first-order valence-electron chi connectivity index (χ1n) is 6.44. The Morgan fingerprint density at radius 3 is 2.47 bits per heavy atom. The maximum atomic E-state index is 5.81. The average Bonchev–Trinajstić information content (AvgIpc) is 2.48. The van der Waals surface area contributed by atoms with E-state index in [1.807, 2.05) is 31.2 Å². The van der Waals surface area contributed by atoms with Gasteiger partial charge in [0.25, 0.3) is 0 Å². The normalized spacial score (nSPS) is 26.7. The van der Waals surface area contributed by atoms with Crippen molar-refractivity contribution in [1.82, 2.24) is 0 Å². The van der Waals surface area contributed by atoms with E-state index in [-0.39, 0.29) is 6.10 Å². The van der Waals surface area contributed by atoms with Crippen LogP contribution in [0.4, 0.5) is 0 Å². The number of methoxy groups -OCH3 is 2. The van der Waals surface area contributed by atoms with E-state index >= 15 is 0 Å². The van der Waals surface area contributed by atoms with Crippen LogP contribution in [0.1, 0.15) is 12.5 Å². The van der Waals surface area contributed by atoms with Crippen LogP contribution in [0.2, 0.25) is 0 Å². The van der Waals surface area contributed by atoms with Crippen molar-refractivity contribution >= 4 is 0 Å². The fourth-order valence-corrected chi connectivity index (χ4v) is 2.48. The Kier molecular flexibility index (Phi) is 4.35. The summed E-state index contributed by atoms with van der Waals surface area (Å²) in [4.78, 5) is 0. The van der Waals surface area contributed by atoms with Gasteiger partial charge in [-0.05, 0) is 30.2 Å². The monoisotopic (exact) mass is 256 g/mol. The van der Waals surface area contributed by atoms with Crippen LogP contribution in [0.15, 0.2) is 66.3 Å². The van der Waals surface area contributed by atoms with Crippen LogP contribution < -0.4 is 0 Å². The molecule has 0 saturated heterocycles. The Morgan fingerprint density at radius 2 is 1.89 bits per heavy atom. The second-order valence-electron chi connectivity index (χ2n) is 4.52. The number of ether oxygens (including phenoxy) is 2. The molecule has 0 saturated carbocycles. The van der Waals surface area contributed by atoms with E-state index in [2.05, 4.69) is 36.4 Å². The summed E-state index contributed by atoms with van der Waals surface area (Å²) in [6, 6.07) is 10.2. The van der Waals surface area contributed by atoms with Crippen molar-refractivity contribution in [2.24, 2.45) is 0 Å². The quantitative estimate of drug-likeness (QED) is 0.819. The van der Waals surface area contributed by atoms with Crippen LogP contribution in [-0.4, -0.2) is 20.3 Å². The van der Waals surface area contributed by atoms with Crippen molar-refractivity contribution in [2.45, 2.75) is 18.6 Å². The molecule has 2 heteroatoms. The molecule has 19 heavy (non-hydrogen) atoms. The van der Waals surface area contributed by atoms with Gasteiger partial charge in [-0.1, -0.05) is 48.6 Å². The third-order valence-electron chi connectivity index (χ3n) is 3.47. The topological polar surface area (TPSA) is 18.5 Å². The molecular formula is C17H20O2. The summed E-state index contributed by atoms with van der Waals surface area (Å²) in [5, 5.41) is 0. The minimum atomic E-state index is -0.554. The van der Waals surface area contributed by atoms with Crippen LogP contribution in [0.25, 0.3) is 0 Å². The average molecular weight is 256 g/mol. The molecule has 1 aromatic carbocycles. The molecule has 0 aliphatic heterocycles. The van der Waals surface area contributed by atoms with Crippen molar-refractivity contribution in [1.29, 1.82) is 0 Å². The van der Waals surface area contributed by atoms with Gasteiger partial charge in [0.15, 0.2) is 0 Å². The van der Waals surface area contributed by atoms with Gasteiger partial charge in [0.1, 0.15) is 11.7 Å². The highest BCUT2D eigenvalue weighted by molar-refractivity contribution is 5.43. The largest absolute Gasteiger partial charge is 0.374 e. The lowest BCUT2D eigenvalue weighted by atomic mass is 9.82. The van der Waals surface area contributed by atoms with Gasteiger partial charge in [-0.15, -0.1) is 0 Å². The van der Waals surface area contributed by atoms with Gasteiger partial charge in [-0.25, -0.2) is 0 Å². The molecule has 0 spiro atoms. The minimum Gasteiger partial charge on any atom is -0.374 e. The van der Waals surface area contributed by atoms with Gasteiger partial charge >= 0.3 is 0 Å². The Hall–Kier alpha value is -1.64. The maximum Gasteiger partial charge on any atom is 0.141 e. The zero-order valence-electron chi connectivity index (χ0n) is 11.7. The SMILES string of the molecule is C/C=C\C1=CC(OC)[C@@](OC)(c2ccccc2)C=C1. The highest BCUT2D eigenvalue weighted by Crippen LogP contribution is 2.36. The second-order valence-corrected chi connectivity index (χ2v) is 4.52. The lowest BCUT2D eigenvalue weighted by Gasteiger charge is -2.37. The van der Waals surface area contributed by atoms with Crippen molar-refractivity contribution in [3.8, 4) is 0 Å². The number of hydrogen-bond acceptors (Lipinski definition) is 2. The molecule has 0 aromatic heterocycles. The molecule has 0 N–H and O–H groups in total. The first kappa shape index (κ1) is 13.8. The van der Waals surface area contributed by atoms with Gasteiger partial charge in [0.05, 0.1) is 0 Å². The molecule has 0 amide bonds. The molecular weight excluding hydrogens is 236 g/mol. The van der Waals surface area contributed by atoms with E-state index in [1.54, 1.807) is 14.2 Å². The summed E-state index contributed by atoms with van der Waals surface area (Å²) in [7, 11) is 3.43. The molecule has 1 aromatic rings. The molecule has 0 fully saturated rings. The number of allylic oxidation sites excluding steroid dienone is 4. The lowest BCUT2D eigenvalue weighted by Crippen LogP contribution is -2.41.